The number of fused-ring (bicyclic) bond motifs is 1. The number of phenolic OH excluding ortho intramolecular Hbond substituents is 1. The number of benzene rings is 1. The van der Waals surface area contributed by atoms with Crippen LogP contribution in [0.5, 0.6) is 5.75 Å². The van der Waals surface area contributed by atoms with E-state index in [4.69, 9.17) is 5.26 Å². The van der Waals surface area contributed by atoms with Crippen molar-refractivity contribution in [2.75, 3.05) is 0 Å². The third kappa shape index (κ3) is 2.11. The van der Waals surface area contributed by atoms with Crippen molar-refractivity contribution in [3.05, 3.63) is 59.5 Å². The molecule has 0 saturated carbocycles. The van der Waals surface area contributed by atoms with Crippen LogP contribution in [0.1, 0.15) is 17.1 Å². The van der Waals surface area contributed by atoms with Crippen LogP contribution in [-0.4, -0.2) is 19.7 Å². The molecule has 2 aromatic heterocycles. The molecule has 5 heteroatoms. The Morgan fingerprint density at radius 2 is 1.95 bits per heavy atom. The normalized spacial score (nSPS) is 10.5. The third-order valence-electron chi connectivity index (χ3n) is 2.82. The average Bonchev–Trinajstić information content (AvgIpc) is 2.83. The van der Waals surface area contributed by atoms with Crippen LogP contribution in [0.15, 0.2) is 42.5 Å². The van der Waals surface area contributed by atoms with Gasteiger partial charge in [-0.15, -0.1) is 5.10 Å². The summed E-state index contributed by atoms with van der Waals surface area (Å²) in [5.74, 6) is 0.881. The molecule has 3 rings (SSSR count). The van der Waals surface area contributed by atoms with Gasteiger partial charge in [0.1, 0.15) is 17.5 Å². The molecule has 1 aromatic carbocycles. The Balaban J connectivity index is 1.98. The van der Waals surface area contributed by atoms with E-state index in [2.05, 4.69) is 16.2 Å². The monoisotopic (exact) mass is 250 g/mol. The van der Waals surface area contributed by atoms with Crippen molar-refractivity contribution < 1.29 is 5.11 Å². The maximum Gasteiger partial charge on any atom is 0.157 e. The molecule has 0 radical (unpaired) electrons. The first-order chi connectivity index (χ1) is 9.26. The van der Waals surface area contributed by atoms with Crippen molar-refractivity contribution in [1.29, 1.82) is 5.26 Å². The highest BCUT2D eigenvalue weighted by Crippen LogP contribution is 2.13. The number of phenols is 1. The van der Waals surface area contributed by atoms with E-state index in [1.807, 2.05) is 18.2 Å². The summed E-state index contributed by atoms with van der Waals surface area (Å²) in [6.07, 6.45) is 0.562. The van der Waals surface area contributed by atoms with Gasteiger partial charge in [-0.1, -0.05) is 18.2 Å². The molecular weight excluding hydrogens is 240 g/mol. The maximum absolute atomic E-state index is 9.23. The first-order valence-corrected chi connectivity index (χ1v) is 5.79. The summed E-state index contributed by atoms with van der Waals surface area (Å²) >= 11 is 0. The summed E-state index contributed by atoms with van der Waals surface area (Å²) in [7, 11) is 0. The Morgan fingerprint density at radius 1 is 1.16 bits per heavy atom. The molecule has 3 aromatic rings. The van der Waals surface area contributed by atoms with E-state index in [-0.39, 0.29) is 5.75 Å². The van der Waals surface area contributed by atoms with Gasteiger partial charge in [-0.3, -0.25) is 0 Å². The largest absolute Gasteiger partial charge is 0.508 e. The molecule has 0 spiro atoms. The van der Waals surface area contributed by atoms with Crippen LogP contribution >= 0.6 is 0 Å². The SMILES string of the molecule is N#Cc1cccc2nc(Cc3ccc(O)cc3)nn12. The predicted molar refractivity (Wildman–Crippen MR) is 68.6 cm³/mol. The van der Waals surface area contributed by atoms with Gasteiger partial charge in [-0.05, 0) is 29.8 Å². The Kier molecular flexibility index (Phi) is 2.62. The Morgan fingerprint density at radius 3 is 2.68 bits per heavy atom. The highest BCUT2D eigenvalue weighted by atomic mass is 16.3. The summed E-state index contributed by atoms with van der Waals surface area (Å²) in [6, 6.07) is 14.3. The lowest BCUT2D eigenvalue weighted by Gasteiger charge is -1.97. The predicted octanol–water partition coefficient (Wildman–Crippen LogP) is 1.90. The van der Waals surface area contributed by atoms with Crippen molar-refractivity contribution in [2.45, 2.75) is 6.42 Å². The van der Waals surface area contributed by atoms with Gasteiger partial charge in [0, 0.05) is 6.42 Å². The molecule has 19 heavy (non-hydrogen) atoms. The van der Waals surface area contributed by atoms with Gasteiger partial charge in [-0.25, -0.2) is 9.50 Å². The van der Waals surface area contributed by atoms with Crippen LogP contribution in [0, 0.1) is 11.3 Å². The first-order valence-electron chi connectivity index (χ1n) is 5.79. The molecule has 0 saturated heterocycles. The van der Waals surface area contributed by atoms with Crippen molar-refractivity contribution in [3.63, 3.8) is 0 Å². The maximum atomic E-state index is 9.23. The lowest BCUT2D eigenvalue weighted by atomic mass is 10.1. The lowest BCUT2D eigenvalue weighted by molar-refractivity contribution is 0.475. The Hall–Kier alpha value is -2.87. The minimum Gasteiger partial charge on any atom is -0.508 e. The highest BCUT2D eigenvalue weighted by molar-refractivity contribution is 5.42. The van der Waals surface area contributed by atoms with Gasteiger partial charge in [0.15, 0.2) is 11.5 Å². The van der Waals surface area contributed by atoms with Crippen molar-refractivity contribution >= 4 is 5.65 Å². The van der Waals surface area contributed by atoms with Gasteiger partial charge in [0.2, 0.25) is 0 Å². The summed E-state index contributed by atoms with van der Waals surface area (Å²) in [4.78, 5) is 4.38. The van der Waals surface area contributed by atoms with Crippen LogP contribution in [0.3, 0.4) is 0 Å². The summed E-state index contributed by atoms with van der Waals surface area (Å²) in [6.45, 7) is 0. The summed E-state index contributed by atoms with van der Waals surface area (Å²) in [5, 5.41) is 22.6. The van der Waals surface area contributed by atoms with Crippen LogP contribution < -0.4 is 0 Å². The fraction of sp³-hybridized carbons (Fsp3) is 0.0714. The quantitative estimate of drug-likeness (QED) is 0.753. The van der Waals surface area contributed by atoms with Crippen LogP contribution in [0.25, 0.3) is 5.65 Å². The van der Waals surface area contributed by atoms with Gasteiger partial charge in [0.05, 0.1) is 0 Å². The fourth-order valence-electron chi connectivity index (χ4n) is 1.91. The minimum atomic E-state index is 0.235. The minimum absolute atomic E-state index is 0.235. The number of aromatic hydroxyl groups is 1. The van der Waals surface area contributed by atoms with E-state index in [0.29, 0.717) is 23.6 Å². The lowest BCUT2D eigenvalue weighted by Crippen LogP contribution is -1.95. The number of nitrogens with zero attached hydrogens (tertiary/aromatic N) is 4. The second-order valence-electron chi connectivity index (χ2n) is 4.16. The topological polar surface area (TPSA) is 74.2 Å². The average molecular weight is 250 g/mol. The molecule has 0 aliphatic rings. The number of rotatable bonds is 2. The van der Waals surface area contributed by atoms with Crippen LogP contribution in [0.2, 0.25) is 0 Å². The van der Waals surface area contributed by atoms with Crippen LogP contribution in [-0.2, 0) is 6.42 Å². The second kappa shape index (κ2) is 4.42. The van der Waals surface area contributed by atoms with Crippen molar-refractivity contribution in [3.8, 4) is 11.8 Å². The second-order valence-corrected chi connectivity index (χ2v) is 4.16. The van der Waals surface area contributed by atoms with Crippen molar-refractivity contribution in [1.82, 2.24) is 14.6 Å². The van der Waals surface area contributed by atoms with Gasteiger partial charge in [0.25, 0.3) is 0 Å². The zero-order valence-electron chi connectivity index (χ0n) is 9.98. The number of aromatic nitrogens is 3. The zero-order valence-corrected chi connectivity index (χ0v) is 9.98. The molecule has 1 N–H and O–H groups in total. The van der Waals surface area contributed by atoms with Gasteiger partial charge in [-0.2, -0.15) is 5.26 Å². The molecule has 0 unspecified atom stereocenters. The smallest absolute Gasteiger partial charge is 0.157 e. The molecule has 0 atom stereocenters. The third-order valence-corrected chi connectivity index (χ3v) is 2.82. The molecule has 2 heterocycles. The summed E-state index contributed by atoms with van der Waals surface area (Å²) < 4.78 is 1.54. The van der Waals surface area contributed by atoms with E-state index in [1.165, 1.54) is 4.52 Å². The summed E-state index contributed by atoms with van der Waals surface area (Å²) in [5.41, 5.74) is 2.13. The Bertz CT molecular complexity index is 768. The highest BCUT2D eigenvalue weighted by Gasteiger charge is 2.07. The van der Waals surface area contributed by atoms with Crippen LogP contribution in [0.4, 0.5) is 0 Å². The number of hydrogen-bond acceptors (Lipinski definition) is 4. The molecule has 0 fully saturated rings. The zero-order chi connectivity index (χ0) is 13.2. The molecule has 0 aliphatic heterocycles. The molecule has 92 valence electrons. The standard InChI is InChI=1S/C14H10N4O/c15-9-11-2-1-3-14-16-13(17-18(11)14)8-10-4-6-12(19)7-5-10/h1-7,19H,8H2. The van der Waals surface area contributed by atoms with E-state index in [1.54, 1.807) is 24.3 Å². The van der Waals surface area contributed by atoms with E-state index >= 15 is 0 Å². The van der Waals surface area contributed by atoms with Crippen molar-refractivity contribution in [2.24, 2.45) is 0 Å². The molecule has 0 amide bonds. The van der Waals surface area contributed by atoms with Gasteiger partial charge >= 0.3 is 0 Å². The Labute approximate surface area is 109 Å². The fourth-order valence-corrected chi connectivity index (χ4v) is 1.91. The molecule has 0 bridgehead atoms. The molecular formula is C14H10N4O. The van der Waals surface area contributed by atoms with E-state index < -0.39 is 0 Å². The first kappa shape index (κ1) is 11.2. The van der Waals surface area contributed by atoms with Gasteiger partial charge < -0.3 is 5.11 Å². The van der Waals surface area contributed by atoms with E-state index in [0.717, 1.165) is 5.56 Å². The number of hydrogen-bond donors (Lipinski definition) is 1. The van der Waals surface area contributed by atoms with E-state index in [9.17, 15) is 5.11 Å². The number of pyridine rings is 1. The molecule has 0 aliphatic carbocycles. The molecule has 5 nitrogen and oxygen atoms in total. The number of nitriles is 1.